The SMILES string of the molecule is CC1CCCN1C(=O)c1cc(Cl)ccc1F. The van der Waals surface area contributed by atoms with Gasteiger partial charge >= 0.3 is 0 Å². The van der Waals surface area contributed by atoms with Crippen LogP contribution in [0.15, 0.2) is 18.2 Å². The fourth-order valence-corrected chi connectivity index (χ4v) is 2.22. The average Bonchev–Trinajstić information content (AvgIpc) is 2.67. The van der Waals surface area contributed by atoms with Gasteiger partial charge in [-0.1, -0.05) is 11.6 Å². The molecule has 1 atom stereocenters. The van der Waals surface area contributed by atoms with Crippen molar-refractivity contribution < 1.29 is 9.18 Å². The van der Waals surface area contributed by atoms with Crippen molar-refractivity contribution in [3.05, 3.63) is 34.6 Å². The van der Waals surface area contributed by atoms with Gasteiger partial charge in [-0.3, -0.25) is 4.79 Å². The third-order valence-corrected chi connectivity index (χ3v) is 3.21. The lowest BCUT2D eigenvalue weighted by atomic mass is 10.1. The standard InChI is InChI=1S/C12H13ClFNO/c1-8-3-2-6-15(8)12(16)10-7-9(13)4-5-11(10)14/h4-5,7-8H,2-3,6H2,1H3. The summed E-state index contributed by atoms with van der Waals surface area (Å²) in [7, 11) is 0. The number of hydrogen-bond acceptors (Lipinski definition) is 1. The predicted molar refractivity (Wildman–Crippen MR) is 61.1 cm³/mol. The summed E-state index contributed by atoms with van der Waals surface area (Å²) in [5.41, 5.74) is 0.0706. The zero-order valence-electron chi connectivity index (χ0n) is 9.04. The van der Waals surface area contributed by atoms with E-state index in [1.807, 2.05) is 6.92 Å². The minimum Gasteiger partial charge on any atom is -0.336 e. The maximum atomic E-state index is 13.5. The van der Waals surface area contributed by atoms with Gasteiger partial charge in [0, 0.05) is 17.6 Å². The van der Waals surface area contributed by atoms with Crippen molar-refractivity contribution in [3.8, 4) is 0 Å². The molecule has 0 aliphatic carbocycles. The number of nitrogens with zero attached hydrogens (tertiary/aromatic N) is 1. The van der Waals surface area contributed by atoms with Gasteiger partial charge in [0.25, 0.3) is 5.91 Å². The molecule has 0 radical (unpaired) electrons. The molecule has 1 heterocycles. The lowest BCUT2D eigenvalue weighted by molar-refractivity contribution is 0.0743. The van der Waals surface area contributed by atoms with Gasteiger partial charge in [-0.15, -0.1) is 0 Å². The summed E-state index contributed by atoms with van der Waals surface area (Å²) in [6, 6.07) is 4.26. The second-order valence-electron chi connectivity index (χ2n) is 4.11. The van der Waals surface area contributed by atoms with Crippen molar-refractivity contribution in [1.82, 2.24) is 4.90 Å². The number of amides is 1. The summed E-state index contributed by atoms with van der Waals surface area (Å²) in [5, 5.41) is 0.386. The molecule has 0 spiro atoms. The van der Waals surface area contributed by atoms with Gasteiger partial charge in [0.15, 0.2) is 0 Å². The van der Waals surface area contributed by atoms with Crippen molar-refractivity contribution in [2.45, 2.75) is 25.8 Å². The van der Waals surface area contributed by atoms with Crippen molar-refractivity contribution in [1.29, 1.82) is 0 Å². The van der Waals surface area contributed by atoms with E-state index in [1.54, 1.807) is 4.90 Å². The van der Waals surface area contributed by atoms with Crippen LogP contribution in [0.5, 0.6) is 0 Å². The molecule has 2 rings (SSSR count). The molecule has 1 aliphatic rings. The fourth-order valence-electron chi connectivity index (χ4n) is 2.05. The average molecular weight is 242 g/mol. The van der Waals surface area contributed by atoms with Crippen LogP contribution in [0.1, 0.15) is 30.1 Å². The van der Waals surface area contributed by atoms with E-state index in [-0.39, 0.29) is 17.5 Å². The second-order valence-corrected chi connectivity index (χ2v) is 4.55. The summed E-state index contributed by atoms with van der Waals surface area (Å²) in [6.45, 7) is 2.68. The number of halogens is 2. The summed E-state index contributed by atoms with van der Waals surface area (Å²) < 4.78 is 13.5. The first-order valence-corrected chi connectivity index (χ1v) is 5.73. The van der Waals surface area contributed by atoms with Crippen LogP contribution in [0, 0.1) is 5.82 Å². The number of carbonyl (C=O) groups is 1. The highest BCUT2D eigenvalue weighted by molar-refractivity contribution is 6.31. The summed E-state index contributed by atoms with van der Waals surface area (Å²) >= 11 is 5.77. The number of carbonyl (C=O) groups excluding carboxylic acids is 1. The zero-order valence-corrected chi connectivity index (χ0v) is 9.80. The van der Waals surface area contributed by atoms with Crippen LogP contribution in [0.3, 0.4) is 0 Å². The zero-order chi connectivity index (χ0) is 11.7. The first-order chi connectivity index (χ1) is 7.59. The molecule has 4 heteroatoms. The molecule has 1 fully saturated rings. The molecule has 86 valence electrons. The quantitative estimate of drug-likeness (QED) is 0.740. The highest BCUT2D eigenvalue weighted by Crippen LogP contribution is 2.22. The van der Waals surface area contributed by atoms with Crippen LogP contribution >= 0.6 is 11.6 Å². The minimum atomic E-state index is -0.506. The maximum absolute atomic E-state index is 13.5. The van der Waals surface area contributed by atoms with Crippen LogP contribution < -0.4 is 0 Å². The van der Waals surface area contributed by atoms with Crippen LogP contribution in [-0.4, -0.2) is 23.4 Å². The Morgan fingerprint density at radius 1 is 1.56 bits per heavy atom. The summed E-state index contributed by atoms with van der Waals surface area (Å²) in [5.74, 6) is -0.765. The summed E-state index contributed by atoms with van der Waals surface area (Å²) in [6.07, 6.45) is 1.96. The predicted octanol–water partition coefficient (Wildman–Crippen LogP) is 3.10. The molecule has 0 N–H and O–H groups in total. The molecule has 16 heavy (non-hydrogen) atoms. The highest BCUT2D eigenvalue weighted by atomic mass is 35.5. The molecule has 1 aliphatic heterocycles. The molecule has 1 unspecified atom stereocenters. The third kappa shape index (κ3) is 2.05. The van der Waals surface area contributed by atoms with Crippen LogP contribution in [0.25, 0.3) is 0 Å². The molecule has 0 aromatic heterocycles. The van der Waals surface area contributed by atoms with Crippen LogP contribution in [0.2, 0.25) is 5.02 Å². The number of rotatable bonds is 1. The Bertz CT molecular complexity index is 421. The molecule has 0 saturated carbocycles. The Morgan fingerprint density at radius 2 is 2.31 bits per heavy atom. The lowest BCUT2D eigenvalue weighted by Gasteiger charge is -2.21. The number of likely N-dealkylation sites (tertiary alicyclic amines) is 1. The molecule has 1 aromatic rings. The van der Waals surface area contributed by atoms with Gasteiger partial charge in [-0.25, -0.2) is 4.39 Å². The lowest BCUT2D eigenvalue weighted by Crippen LogP contribution is -2.34. The van der Waals surface area contributed by atoms with E-state index in [1.165, 1.54) is 18.2 Å². The third-order valence-electron chi connectivity index (χ3n) is 2.97. The van der Waals surface area contributed by atoms with Gasteiger partial charge < -0.3 is 4.90 Å². The van der Waals surface area contributed by atoms with E-state index in [0.29, 0.717) is 11.6 Å². The Balaban J connectivity index is 2.29. The van der Waals surface area contributed by atoms with E-state index < -0.39 is 5.82 Å². The van der Waals surface area contributed by atoms with Crippen molar-refractivity contribution in [3.63, 3.8) is 0 Å². The van der Waals surface area contributed by atoms with E-state index in [4.69, 9.17) is 11.6 Å². The van der Waals surface area contributed by atoms with Crippen LogP contribution in [-0.2, 0) is 0 Å². The van der Waals surface area contributed by atoms with E-state index in [0.717, 1.165) is 12.8 Å². The summed E-state index contributed by atoms with van der Waals surface area (Å²) in [4.78, 5) is 13.8. The molecule has 2 nitrogen and oxygen atoms in total. The monoisotopic (exact) mass is 241 g/mol. The highest BCUT2D eigenvalue weighted by Gasteiger charge is 2.27. The molecular weight excluding hydrogens is 229 g/mol. The maximum Gasteiger partial charge on any atom is 0.257 e. The largest absolute Gasteiger partial charge is 0.336 e. The van der Waals surface area contributed by atoms with Crippen LogP contribution in [0.4, 0.5) is 4.39 Å². The van der Waals surface area contributed by atoms with Gasteiger partial charge in [0.1, 0.15) is 5.82 Å². The van der Waals surface area contributed by atoms with Gasteiger partial charge in [0.2, 0.25) is 0 Å². The first-order valence-electron chi connectivity index (χ1n) is 5.35. The molecule has 1 amide bonds. The van der Waals surface area contributed by atoms with Crippen molar-refractivity contribution in [2.75, 3.05) is 6.54 Å². The molecule has 1 aromatic carbocycles. The molecule has 1 saturated heterocycles. The van der Waals surface area contributed by atoms with Crippen molar-refractivity contribution in [2.24, 2.45) is 0 Å². The number of benzene rings is 1. The first kappa shape index (κ1) is 11.4. The Morgan fingerprint density at radius 3 is 2.94 bits per heavy atom. The fraction of sp³-hybridized carbons (Fsp3) is 0.417. The smallest absolute Gasteiger partial charge is 0.257 e. The number of hydrogen-bond donors (Lipinski definition) is 0. The van der Waals surface area contributed by atoms with Gasteiger partial charge in [-0.05, 0) is 38.0 Å². The van der Waals surface area contributed by atoms with E-state index in [2.05, 4.69) is 0 Å². The minimum absolute atomic E-state index is 0.0706. The Labute approximate surface area is 99.0 Å². The topological polar surface area (TPSA) is 20.3 Å². The molecular formula is C12H13ClFNO. The van der Waals surface area contributed by atoms with Gasteiger partial charge in [0.05, 0.1) is 5.56 Å². The molecule has 0 bridgehead atoms. The van der Waals surface area contributed by atoms with Gasteiger partial charge in [-0.2, -0.15) is 0 Å². The van der Waals surface area contributed by atoms with E-state index >= 15 is 0 Å². The Hall–Kier alpha value is -1.09. The van der Waals surface area contributed by atoms with Crippen molar-refractivity contribution >= 4 is 17.5 Å². The normalized spacial score (nSPS) is 20.2. The second kappa shape index (κ2) is 4.42. The Kier molecular flexibility index (Phi) is 3.15. The van der Waals surface area contributed by atoms with E-state index in [9.17, 15) is 9.18 Å².